The van der Waals surface area contributed by atoms with Gasteiger partial charge >= 0.3 is 0 Å². The van der Waals surface area contributed by atoms with Gasteiger partial charge in [-0.2, -0.15) is 11.8 Å². The van der Waals surface area contributed by atoms with Crippen LogP contribution < -0.4 is 10.6 Å². The van der Waals surface area contributed by atoms with E-state index >= 15 is 0 Å². The van der Waals surface area contributed by atoms with Gasteiger partial charge in [0.1, 0.15) is 11.6 Å². The third kappa shape index (κ3) is 5.76. The van der Waals surface area contributed by atoms with E-state index in [1.807, 2.05) is 12.1 Å². The van der Waals surface area contributed by atoms with E-state index in [2.05, 4.69) is 34.6 Å². The molecule has 0 fully saturated rings. The zero-order chi connectivity index (χ0) is 18.8. The van der Waals surface area contributed by atoms with E-state index in [9.17, 15) is 4.39 Å². The van der Waals surface area contributed by atoms with Gasteiger partial charge in [0.25, 0.3) is 0 Å². The molecule has 0 aliphatic rings. The Morgan fingerprint density at radius 2 is 2.04 bits per heavy atom. The Morgan fingerprint density at radius 3 is 2.73 bits per heavy atom. The quantitative estimate of drug-likeness (QED) is 0.397. The molecule has 2 N–H and O–H groups in total. The lowest BCUT2D eigenvalue weighted by molar-refractivity contribution is 0.380. The van der Waals surface area contributed by atoms with Crippen LogP contribution in [0.1, 0.15) is 36.4 Å². The average Bonchev–Trinajstić information content (AvgIpc) is 3.07. The molecule has 1 heterocycles. The number of thioether (sulfide) groups is 1. The van der Waals surface area contributed by atoms with Crippen molar-refractivity contribution in [2.45, 2.75) is 39.0 Å². The minimum Gasteiger partial charge on any atom is -0.361 e. The van der Waals surface area contributed by atoms with E-state index in [4.69, 9.17) is 4.52 Å². The SMILES string of the molecule is CCc1noc(CC)c1CNC(=NC)NCCSCc1ccccc1F. The summed E-state index contributed by atoms with van der Waals surface area (Å²) in [5, 5.41) is 10.7. The number of hydrogen-bond acceptors (Lipinski definition) is 4. The number of guanidine groups is 1. The number of benzene rings is 1. The first kappa shape index (κ1) is 20.3. The van der Waals surface area contributed by atoms with E-state index in [1.54, 1.807) is 24.9 Å². The normalized spacial score (nSPS) is 11.6. The molecule has 1 aromatic carbocycles. The molecule has 0 aliphatic carbocycles. The molecule has 7 heteroatoms. The zero-order valence-electron chi connectivity index (χ0n) is 15.6. The molecule has 2 aromatic rings. The molecule has 0 bridgehead atoms. The van der Waals surface area contributed by atoms with Crippen LogP contribution in [0.15, 0.2) is 33.8 Å². The van der Waals surface area contributed by atoms with Gasteiger partial charge in [-0.15, -0.1) is 0 Å². The Morgan fingerprint density at radius 1 is 1.23 bits per heavy atom. The molecule has 142 valence electrons. The van der Waals surface area contributed by atoms with Crippen LogP contribution in [0.5, 0.6) is 0 Å². The number of aryl methyl sites for hydroxylation is 2. The van der Waals surface area contributed by atoms with Crippen LogP contribution in [0.4, 0.5) is 4.39 Å². The monoisotopic (exact) mass is 378 g/mol. The highest BCUT2D eigenvalue weighted by atomic mass is 32.2. The number of nitrogens with one attached hydrogen (secondary N) is 2. The minimum absolute atomic E-state index is 0.141. The largest absolute Gasteiger partial charge is 0.361 e. The predicted molar refractivity (Wildman–Crippen MR) is 106 cm³/mol. The van der Waals surface area contributed by atoms with E-state index in [-0.39, 0.29) is 5.82 Å². The topological polar surface area (TPSA) is 62.5 Å². The Bertz CT molecular complexity index is 696. The second-order valence-corrected chi connectivity index (χ2v) is 6.84. The standard InChI is InChI=1S/C19H27FN4OS/c1-4-17-15(18(5-2)25-24-17)12-23-19(21-3)22-10-11-26-13-14-8-6-7-9-16(14)20/h6-9H,4-5,10-13H2,1-3H3,(H2,21,22,23). The maximum atomic E-state index is 13.6. The summed E-state index contributed by atoms with van der Waals surface area (Å²) >= 11 is 1.69. The van der Waals surface area contributed by atoms with Crippen molar-refractivity contribution >= 4 is 17.7 Å². The molecule has 0 aliphatic heterocycles. The number of nitrogens with zero attached hydrogens (tertiary/aromatic N) is 2. The summed E-state index contributed by atoms with van der Waals surface area (Å²) in [7, 11) is 1.75. The first-order valence-electron chi connectivity index (χ1n) is 8.91. The number of halogens is 1. The molecule has 2 rings (SSSR count). The summed E-state index contributed by atoms with van der Waals surface area (Å²) < 4.78 is 19.0. The summed E-state index contributed by atoms with van der Waals surface area (Å²) in [4.78, 5) is 4.24. The Hall–Kier alpha value is -2.02. The van der Waals surface area contributed by atoms with E-state index in [0.29, 0.717) is 12.3 Å². The molecule has 0 spiro atoms. The summed E-state index contributed by atoms with van der Waals surface area (Å²) in [6.45, 7) is 5.52. The van der Waals surface area contributed by atoms with Gasteiger partial charge in [0.05, 0.1) is 5.69 Å². The molecule has 0 amide bonds. The van der Waals surface area contributed by atoms with Crippen LogP contribution in [-0.4, -0.2) is 30.5 Å². The first-order chi connectivity index (χ1) is 12.7. The molecular weight excluding hydrogens is 351 g/mol. The number of rotatable bonds is 9. The van der Waals surface area contributed by atoms with Crippen molar-refractivity contribution in [3.8, 4) is 0 Å². The van der Waals surface area contributed by atoms with Gasteiger partial charge < -0.3 is 15.2 Å². The molecule has 26 heavy (non-hydrogen) atoms. The van der Waals surface area contributed by atoms with E-state index < -0.39 is 0 Å². The van der Waals surface area contributed by atoms with Gasteiger partial charge in [0.2, 0.25) is 0 Å². The molecule has 0 radical (unpaired) electrons. The molecule has 1 aromatic heterocycles. The van der Waals surface area contributed by atoms with Crippen molar-refractivity contribution in [1.29, 1.82) is 0 Å². The summed E-state index contributed by atoms with van der Waals surface area (Å²) in [5.74, 6) is 3.05. The lowest BCUT2D eigenvalue weighted by Gasteiger charge is -2.12. The van der Waals surface area contributed by atoms with Crippen LogP contribution in [0.3, 0.4) is 0 Å². The minimum atomic E-state index is -0.141. The highest BCUT2D eigenvalue weighted by Crippen LogP contribution is 2.16. The van der Waals surface area contributed by atoms with Crippen molar-refractivity contribution in [2.75, 3.05) is 19.3 Å². The smallest absolute Gasteiger partial charge is 0.191 e. The molecule has 0 unspecified atom stereocenters. The maximum absolute atomic E-state index is 13.6. The fraction of sp³-hybridized carbons (Fsp3) is 0.474. The Kier molecular flexibility index (Phi) is 8.47. The predicted octanol–water partition coefficient (Wildman–Crippen LogP) is 3.54. The fourth-order valence-corrected chi connectivity index (χ4v) is 3.41. The van der Waals surface area contributed by atoms with Crippen molar-refractivity contribution < 1.29 is 8.91 Å². The third-order valence-electron chi connectivity index (χ3n) is 4.02. The fourth-order valence-electron chi connectivity index (χ4n) is 2.57. The molecule has 0 saturated carbocycles. The van der Waals surface area contributed by atoms with Crippen molar-refractivity contribution in [1.82, 2.24) is 15.8 Å². The molecule has 0 atom stereocenters. The van der Waals surface area contributed by atoms with Gasteiger partial charge in [-0.05, 0) is 18.1 Å². The van der Waals surface area contributed by atoms with Crippen LogP contribution in [-0.2, 0) is 25.1 Å². The summed E-state index contributed by atoms with van der Waals surface area (Å²) in [6.07, 6.45) is 1.67. The van der Waals surface area contributed by atoms with Crippen LogP contribution in [0, 0.1) is 5.82 Å². The van der Waals surface area contributed by atoms with Crippen molar-refractivity contribution in [2.24, 2.45) is 4.99 Å². The third-order valence-corrected chi connectivity index (χ3v) is 5.03. The lowest BCUT2D eigenvalue weighted by Crippen LogP contribution is -2.38. The zero-order valence-corrected chi connectivity index (χ0v) is 16.5. The highest BCUT2D eigenvalue weighted by Gasteiger charge is 2.13. The van der Waals surface area contributed by atoms with Gasteiger partial charge in [-0.25, -0.2) is 4.39 Å². The van der Waals surface area contributed by atoms with E-state index in [0.717, 1.165) is 53.7 Å². The van der Waals surface area contributed by atoms with Gasteiger partial charge in [0.15, 0.2) is 5.96 Å². The number of aliphatic imine (C=N–C) groups is 1. The Balaban J connectivity index is 1.73. The number of hydrogen-bond donors (Lipinski definition) is 2. The van der Waals surface area contributed by atoms with Crippen LogP contribution >= 0.6 is 11.8 Å². The molecule has 5 nitrogen and oxygen atoms in total. The second-order valence-electron chi connectivity index (χ2n) is 5.73. The van der Waals surface area contributed by atoms with Gasteiger partial charge in [0, 0.05) is 43.6 Å². The summed E-state index contributed by atoms with van der Waals surface area (Å²) in [5.41, 5.74) is 2.85. The Labute approximate surface area is 158 Å². The first-order valence-corrected chi connectivity index (χ1v) is 10.1. The maximum Gasteiger partial charge on any atom is 0.191 e. The van der Waals surface area contributed by atoms with Crippen LogP contribution in [0.25, 0.3) is 0 Å². The molecule has 0 saturated heterocycles. The summed E-state index contributed by atoms with van der Waals surface area (Å²) in [6, 6.07) is 6.90. The van der Waals surface area contributed by atoms with Gasteiger partial charge in [-0.3, -0.25) is 4.99 Å². The number of aromatic nitrogens is 1. The van der Waals surface area contributed by atoms with E-state index in [1.165, 1.54) is 6.07 Å². The van der Waals surface area contributed by atoms with Crippen molar-refractivity contribution in [3.63, 3.8) is 0 Å². The van der Waals surface area contributed by atoms with Gasteiger partial charge in [-0.1, -0.05) is 37.2 Å². The van der Waals surface area contributed by atoms with Crippen molar-refractivity contribution in [3.05, 3.63) is 52.7 Å². The molecular formula is C19H27FN4OS. The van der Waals surface area contributed by atoms with Crippen LogP contribution in [0.2, 0.25) is 0 Å². The highest BCUT2D eigenvalue weighted by molar-refractivity contribution is 7.98. The second kappa shape index (κ2) is 10.9. The lowest BCUT2D eigenvalue weighted by atomic mass is 10.1. The average molecular weight is 379 g/mol.